The molecule has 1 heterocycles. The average molecular weight is 422 g/mol. The van der Waals surface area contributed by atoms with Crippen LogP contribution in [-0.2, 0) is 14.8 Å². The highest BCUT2D eigenvalue weighted by atomic mass is 32.2. The number of thioether (sulfide) groups is 1. The predicted molar refractivity (Wildman–Crippen MR) is 110 cm³/mol. The Kier molecular flexibility index (Phi) is 5.72. The van der Waals surface area contributed by atoms with Crippen molar-refractivity contribution >= 4 is 33.4 Å². The van der Waals surface area contributed by atoms with Gasteiger partial charge < -0.3 is 5.73 Å². The van der Waals surface area contributed by atoms with E-state index in [4.69, 9.17) is 10.9 Å². The van der Waals surface area contributed by atoms with Crippen LogP contribution in [0.1, 0.15) is 13.8 Å². The van der Waals surface area contributed by atoms with Crippen LogP contribution in [0.4, 0.5) is 5.69 Å². The van der Waals surface area contributed by atoms with Crippen molar-refractivity contribution in [2.45, 2.75) is 29.5 Å². The first-order chi connectivity index (χ1) is 13.2. The maximum absolute atomic E-state index is 13.2. The summed E-state index contributed by atoms with van der Waals surface area (Å²) >= 11 is 1.50. The van der Waals surface area contributed by atoms with Crippen LogP contribution in [0.2, 0.25) is 0 Å². The minimum Gasteiger partial charge on any atom is -0.399 e. The second-order valence-electron chi connectivity index (χ2n) is 7.09. The Morgan fingerprint density at radius 3 is 2.21 bits per heavy atom. The predicted octanol–water partition coefficient (Wildman–Crippen LogP) is 2.33. The molecule has 2 aromatic carbocycles. The minimum absolute atomic E-state index is 0.102. The van der Waals surface area contributed by atoms with Crippen LogP contribution in [0.3, 0.4) is 0 Å². The molecule has 0 spiro atoms. The van der Waals surface area contributed by atoms with Crippen LogP contribution in [0.15, 0.2) is 53.4 Å². The lowest BCUT2D eigenvalue weighted by Gasteiger charge is -2.43. The number of nitrogens with zero attached hydrogens (tertiary/aromatic N) is 1. The Morgan fingerprint density at radius 1 is 1.14 bits per heavy atom. The number of nitrogens with one attached hydrogen (secondary N) is 1. The molecule has 0 aliphatic carbocycles. The molecule has 0 radical (unpaired) electrons. The number of carbonyl (C=O) groups is 1. The maximum atomic E-state index is 13.2. The van der Waals surface area contributed by atoms with Crippen LogP contribution < -0.4 is 11.2 Å². The molecular weight excluding hydrogens is 398 g/mol. The minimum atomic E-state index is -3.91. The van der Waals surface area contributed by atoms with Gasteiger partial charge in [-0.1, -0.05) is 24.3 Å². The van der Waals surface area contributed by atoms with Gasteiger partial charge in [-0.05, 0) is 49.2 Å². The van der Waals surface area contributed by atoms with Gasteiger partial charge in [-0.15, -0.1) is 0 Å². The lowest BCUT2D eigenvalue weighted by Crippen LogP contribution is -2.61. The Bertz CT molecular complexity index is 958. The molecule has 0 aromatic heterocycles. The van der Waals surface area contributed by atoms with E-state index in [1.54, 1.807) is 43.6 Å². The van der Waals surface area contributed by atoms with Gasteiger partial charge in [-0.3, -0.25) is 10.0 Å². The number of hydroxylamine groups is 1. The quantitative estimate of drug-likeness (QED) is 0.397. The fourth-order valence-electron chi connectivity index (χ4n) is 3.35. The summed E-state index contributed by atoms with van der Waals surface area (Å²) in [6.07, 6.45) is 0. The van der Waals surface area contributed by atoms with Gasteiger partial charge in [0.25, 0.3) is 5.91 Å². The number of benzene rings is 2. The monoisotopic (exact) mass is 421 g/mol. The van der Waals surface area contributed by atoms with E-state index < -0.39 is 26.7 Å². The van der Waals surface area contributed by atoms with Crippen LogP contribution in [0.5, 0.6) is 0 Å². The zero-order valence-electron chi connectivity index (χ0n) is 15.6. The zero-order valence-corrected chi connectivity index (χ0v) is 17.3. The maximum Gasteiger partial charge on any atom is 0.263 e. The first-order valence-electron chi connectivity index (χ1n) is 8.72. The number of hydrogen-bond acceptors (Lipinski definition) is 6. The van der Waals surface area contributed by atoms with Crippen molar-refractivity contribution in [3.05, 3.63) is 48.5 Å². The molecule has 1 aliphatic heterocycles. The summed E-state index contributed by atoms with van der Waals surface area (Å²) in [5, 5.41) is 9.12. The fraction of sp³-hybridized carbons (Fsp3) is 0.316. The Balaban J connectivity index is 1.95. The third-order valence-electron chi connectivity index (χ3n) is 4.80. The largest absolute Gasteiger partial charge is 0.399 e. The van der Waals surface area contributed by atoms with E-state index in [1.807, 2.05) is 12.1 Å². The second kappa shape index (κ2) is 7.75. The summed E-state index contributed by atoms with van der Waals surface area (Å²) in [6.45, 7) is 3.78. The molecule has 7 nitrogen and oxygen atoms in total. The Morgan fingerprint density at radius 2 is 1.68 bits per heavy atom. The number of amides is 1. The van der Waals surface area contributed by atoms with Crippen molar-refractivity contribution in [3.8, 4) is 11.1 Å². The summed E-state index contributed by atoms with van der Waals surface area (Å²) in [5.41, 5.74) is 9.75. The molecule has 4 N–H and O–H groups in total. The summed E-state index contributed by atoms with van der Waals surface area (Å²) in [7, 11) is -3.91. The Labute approximate surface area is 168 Å². The van der Waals surface area contributed by atoms with Crippen molar-refractivity contribution in [3.63, 3.8) is 0 Å². The molecule has 1 fully saturated rings. The lowest BCUT2D eigenvalue weighted by molar-refractivity contribution is -0.134. The van der Waals surface area contributed by atoms with E-state index >= 15 is 0 Å². The molecule has 150 valence electrons. The second-order valence-corrected chi connectivity index (χ2v) is 10.7. The van der Waals surface area contributed by atoms with Crippen LogP contribution in [0.25, 0.3) is 11.1 Å². The summed E-state index contributed by atoms with van der Waals surface area (Å²) in [5.74, 6) is -0.176. The van der Waals surface area contributed by atoms with Gasteiger partial charge in [-0.25, -0.2) is 13.9 Å². The third kappa shape index (κ3) is 3.88. The smallest absolute Gasteiger partial charge is 0.263 e. The zero-order chi connectivity index (χ0) is 20.5. The summed E-state index contributed by atoms with van der Waals surface area (Å²) in [4.78, 5) is 12.3. The molecule has 3 rings (SSSR count). The third-order valence-corrected chi connectivity index (χ3v) is 8.03. The van der Waals surface area contributed by atoms with E-state index in [9.17, 15) is 13.2 Å². The fourth-order valence-corrected chi connectivity index (χ4v) is 6.46. The number of hydrogen-bond donors (Lipinski definition) is 3. The number of anilines is 1. The van der Waals surface area contributed by atoms with Crippen LogP contribution >= 0.6 is 11.8 Å². The van der Waals surface area contributed by atoms with Crippen LogP contribution in [-0.4, -0.2) is 46.9 Å². The topological polar surface area (TPSA) is 113 Å². The van der Waals surface area contributed by atoms with Crippen LogP contribution in [0, 0.1) is 0 Å². The SMILES string of the molecule is CC1(C)SCCN(S(=O)(=O)c2ccc(-c3ccc(N)cc3)cc2)[C@H]1C(=O)NO. The van der Waals surface area contributed by atoms with E-state index in [0.29, 0.717) is 11.4 Å². The normalized spacial score (nSPS) is 19.9. The molecule has 1 atom stereocenters. The molecule has 0 unspecified atom stereocenters. The van der Waals surface area contributed by atoms with Crippen molar-refractivity contribution in [1.29, 1.82) is 0 Å². The van der Waals surface area contributed by atoms with Gasteiger partial charge in [0, 0.05) is 22.7 Å². The lowest BCUT2D eigenvalue weighted by atomic mass is 10.0. The molecular formula is C19H23N3O4S2. The summed E-state index contributed by atoms with van der Waals surface area (Å²) < 4.78 is 27.0. The number of nitrogen functional groups attached to an aromatic ring is 1. The van der Waals surface area contributed by atoms with E-state index in [2.05, 4.69) is 0 Å². The molecule has 0 saturated carbocycles. The molecule has 9 heteroatoms. The molecule has 2 aromatic rings. The molecule has 1 saturated heterocycles. The van der Waals surface area contributed by atoms with E-state index in [0.717, 1.165) is 11.1 Å². The van der Waals surface area contributed by atoms with Crippen molar-refractivity contribution in [2.24, 2.45) is 0 Å². The first kappa shape index (κ1) is 20.7. The van der Waals surface area contributed by atoms with Gasteiger partial charge in [0.15, 0.2) is 0 Å². The van der Waals surface area contributed by atoms with Gasteiger partial charge in [0.1, 0.15) is 6.04 Å². The number of nitrogens with two attached hydrogens (primary N) is 1. The highest BCUT2D eigenvalue weighted by Crippen LogP contribution is 2.38. The highest BCUT2D eigenvalue weighted by molar-refractivity contribution is 8.00. The van der Waals surface area contributed by atoms with Crippen molar-refractivity contribution < 1.29 is 18.4 Å². The molecule has 1 aliphatic rings. The molecule has 28 heavy (non-hydrogen) atoms. The van der Waals surface area contributed by atoms with Crippen molar-refractivity contribution in [2.75, 3.05) is 18.0 Å². The molecule has 1 amide bonds. The van der Waals surface area contributed by atoms with E-state index in [-0.39, 0.29) is 11.4 Å². The van der Waals surface area contributed by atoms with Gasteiger partial charge in [0.2, 0.25) is 10.0 Å². The molecule has 0 bridgehead atoms. The Hall–Kier alpha value is -2.07. The average Bonchev–Trinajstić information content (AvgIpc) is 2.67. The summed E-state index contributed by atoms with van der Waals surface area (Å²) in [6, 6.07) is 12.8. The van der Waals surface area contributed by atoms with Crippen molar-refractivity contribution in [1.82, 2.24) is 9.79 Å². The highest BCUT2D eigenvalue weighted by Gasteiger charge is 2.48. The number of rotatable bonds is 4. The number of carbonyl (C=O) groups excluding carboxylic acids is 1. The number of sulfonamides is 1. The van der Waals surface area contributed by atoms with Gasteiger partial charge in [0.05, 0.1) is 4.90 Å². The van der Waals surface area contributed by atoms with E-state index in [1.165, 1.54) is 28.2 Å². The van der Waals surface area contributed by atoms with Gasteiger partial charge in [-0.2, -0.15) is 16.1 Å². The first-order valence-corrected chi connectivity index (χ1v) is 11.1. The standard InChI is InChI=1S/C19H23N3O4S2/c1-19(2)17(18(23)21-24)22(11-12-27-19)28(25,26)16-9-5-14(6-10-16)13-3-7-15(20)8-4-13/h3-10,17,24H,11-12,20H2,1-2H3,(H,21,23)/t17-/m0/s1. The van der Waals surface area contributed by atoms with Gasteiger partial charge >= 0.3 is 0 Å².